The summed E-state index contributed by atoms with van der Waals surface area (Å²) >= 11 is 0. The molecule has 20 heavy (non-hydrogen) atoms. The van der Waals surface area contributed by atoms with Gasteiger partial charge in [0.1, 0.15) is 0 Å². The molecule has 2 fully saturated rings. The van der Waals surface area contributed by atoms with E-state index < -0.39 is 0 Å². The second-order valence-electron chi connectivity index (χ2n) is 7.23. The Bertz CT molecular complexity index is 293. The van der Waals surface area contributed by atoms with Gasteiger partial charge in [-0.1, -0.05) is 19.8 Å². The molecule has 0 radical (unpaired) electrons. The number of aliphatic hydroxyl groups excluding tert-OH is 1. The maximum atomic E-state index is 9.95. The Labute approximate surface area is 125 Å². The van der Waals surface area contributed by atoms with E-state index in [1.165, 1.54) is 57.9 Å². The van der Waals surface area contributed by atoms with Gasteiger partial charge in [0.25, 0.3) is 0 Å². The summed E-state index contributed by atoms with van der Waals surface area (Å²) in [5, 5.41) is 13.7. The highest BCUT2D eigenvalue weighted by Crippen LogP contribution is 2.40. The molecule has 0 spiro atoms. The van der Waals surface area contributed by atoms with E-state index in [0.29, 0.717) is 24.6 Å². The van der Waals surface area contributed by atoms with Crippen LogP contribution >= 0.6 is 0 Å². The second kappa shape index (κ2) is 7.24. The van der Waals surface area contributed by atoms with Gasteiger partial charge in [-0.3, -0.25) is 0 Å². The van der Waals surface area contributed by atoms with Crippen LogP contribution in [0.25, 0.3) is 0 Å². The van der Waals surface area contributed by atoms with E-state index >= 15 is 0 Å². The van der Waals surface area contributed by atoms with Crippen molar-refractivity contribution in [2.24, 2.45) is 5.92 Å². The summed E-state index contributed by atoms with van der Waals surface area (Å²) in [7, 11) is 2.25. The Hall–Kier alpha value is -0.120. The van der Waals surface area contributed by atoms with Gasteiger partial charge < -0.3 is 15.3 Å². The van der Waals surface area contributed by atoms with Crippen molar-refractivity contribution < 1.29 is 5.11 Å². The normalized spacial score (nSPS) is 31.9. The lowest BCUT2D eigenvalue weighted by Crippen LogP contribution is -2.53. The monoisotopic (exact) mass is 282 g/mol. The van der Waals surface area contributed by atoms with E-state index in [-0.39, 0.29) is 5.54 Å². The second-order valence-corrected chi connectivity index (χ2v) is 7.23. The molecule has 3 heteroatoms. The van der Waals surface area contributed by atoms with Crippen LogP contribution in [0.1, 0.15) is 65.2 Å². The summed E-state index contributed by atoms with van der Waals surface area (Å²) in [6.45, 7) is 6.08. The highest BCUT2D eigenvalue weighted by molar-refractivity contribution is 5.03. The third-order valence-electron chi connectivity index (χ3n) is 5.60. The van der Waals surface area contributed by atoms with Gasteiger partial charge in [-0.15, -0.1) is 0 Å². The zero-order valence-electron chi connectivity index (χ0n) is 13.7. The summed E-state index contributed by atoms with van der Waals surface area (Å²) < 4.78 is 0. The van der Waals surface area contributed by atoms with Crippen LogP contribution in [0.4, 0.5) is 0 Å². The van der Waals surface area contributed by atoms with Crippen LogP contribution in [-0.2, 0) is 0 Å². The smallest absolute Gasteiger partial charge is 0.0616 e. The van der Waals surface area contributed by atoms with E-state index in [2.05, 4.69) is 31.1 Å². The van der Waals surface area contributed by atoms with E-state index in [0.717, 1.165) is 0 Å². The van der Waals surface area contributed by atoms with Crippen LogP contribution < -0.4 is 5.32 Å². The molecule has 0 aromatic rings. The zero-order chi connectivity index (χ0) is 14.6. The minimum Gasteiger partial charge on any atom is -0.394 e. The molecule has 2 rings (SSSR count). The zero-order valence-corrected chi connectivity index (χ0v) is 13.7. The van der Waals surface area contributed by atoms with Crippen molar-refractivity contribution in [1.82, 2.24) is 10.2 Å². The Morgan fingerprint density at radius 2 is 2.10 bits per heavy atom. The molecule has 0 saturated heterocycles. The lowest BCUT2D eigenvalue weighted by molar-refractivity contribution is 0.107. The first kappa shape index (κ1) is 16.3. The number of nitrogens with zero attached hydrogens (tertiary/aromatic N) is 1. The highest BCUT2D eigenvalue weighted by Gasteiger charge is 2.44. The summed E-state index contributed by atoms with van der Waals surface area (Å²) in [5.41, 5.74) is 0.0377. The van der Waals surface area contributed by atoms with Crippen LogP contribution in [0, 0.1) is 5.92 Å². The first-order valence-electron chi connectivity index (χ1n) is 8.70. The average molecular weight is 282 g/mol. The van der Waals surface area contributed by atoms with Crippen molar-refractivity contribution in [3.63, 3.8) is 0 Å². The summed E-state index contributed by atoms with van der Waals surface area (Å²) in [4.78, 5) is 2.50. The summed E-state index contributed by atoms with van der Waals surface area (Å²) in [5.74, 6) is 0.657. The number of nitrogens with one attached hydrogen (secondary N) is 1. The Morgan fingerprint density at radius 1 is 1.35 bits per heavy atom. The van der Waals surface area contributed by atoms with Gasteiger partial charge in [0.05, 0.1) is 6.61 Å². The molecular weight excluding hydrogens is 248 g/mol. The average Bonchev–Trinajstić information content (AvgIpc) is 3.16. The molecule has 2 aliphatic carbocycles. The van der Waals surface area contributed by atoms with Crippen molar-refractivity contribution in [2.75, 3.05) is 20.2 Å². The van der Waals surface area contributed by atoms with Crippen LogP contribution in [0.2, 0.25) is 0 Å². The standard InChI is InChI=1S/C17H34N2O/c1-4-6-14(2)19(3)12-10-15-7-5-11-17(15,13-20)18-16-8-9-16/h14-16,18,20H,4-13H2,1-3H3. The molecule has 0 aromatic carbocycles. The van der Waals surface area contributed by atoms with Gasteiger partial charge in [-0.25, -0.2) is 0 Å². The Balaban J connectivity index is 1.83. The largest absolute Gasteiger partial charge is 0.394 e. The van der Waals surface area contributed by atoms with Crippen molar-refractivity contribution in [3.8, 4) is 0 Å². The molecule has 2 saturated carbocycles. The number of hydrogen-bond acceptors (Lipinski definition) is 3. The third kappa shape index (κ3) is 3.96. The van der Waals surface area contributed by atoms with Gasteiger partial charge >= 0.3 is 0 Å². The molecular formula is C17H34N2O. The van der Waals surface area contributed by atoms with Gasteiger partial charge in [0.15, 0.2) is 0 Å². The maximum absolute atomic E-state index is 9.95. The SMILES string of the molecule is CCCC(C)N(C)CCC1CCCC1(CO)NC1CC1. The Kier molecular flexibility index (Phi) is 5.88. The van der Waals surface area contributed by atoms with Gasteiger partial charge in [-0.05, 0) is 65.0 Å². The minimum atomic E-state index is 0.0377. The van der Waals surface area contributed by atoms with Crippen molar-refractivity contribution in [1.29, 1.82) is 0 Å². The van der Waals surface area contributed by atoms with E-state index in [4.69, 9.17) is 0 Å². The summed E-state index contributed by atoms with van der Waals surface area (Å²) in [6.07, 6.45) is 10.1. The lowest BCUT2D eigenvalue weighted by atomic mass is 9.85. The number of aliphatic hydroxyl groups is 1. The molecule has 0 aliphatic heterocycles. The first-order chi connectivity index (χ1) is 9.61. The maximum Gasteiger partial charge on any atom is 0.0616 e. The molecule has 0 amide bonds. The highest BCUT2D eigenvalue weighted by atomic mass is 16.3. The first-order valence-corrected chi connectivity index (χ1v) is 8.70. The van der Waals surface area contributed by atoms with Crippen molar-refractivity contribution >= 4 is 0 Å². The van der Waals surface area contributed by atoms with Crippen LogP contribution in [-0.4, -0.2) is 47.8 Å². The van der Waals surface area contributed by atoms with Crippen LogP contribution in [0.5, 0.6) is 0 Å². The fourth-order valence-electron chi connectivity index (χ4n) is 3.86. The molecule has 0 heterocycles. The van der Waals surface area contributed by atoms with Gasteiger partial charge in [-0.2, -0.15) is 0 Å². The number of hydrogen-bond donors (Lipinski definition) is 2. The predicted octanol–water partition coefficient (Wildman–Crippen LogP) is 2.78. The summed E-state index contributed by atoms with van der Waals surface area (Å²) in [6, 6.07) is 1.38. The molecule has 2 N–H and O–H groups in total. The molecule has 3 atom stereocenters. The fourth-order valence-corrected chi connectivity index (χ4v) is 3.86. The molecule has 0 bridgehead atoms. The quantitative estimate of drug-likeness (QED) is 0.682. The predicted molar refractivity (Wildman–Crippen MR) is 84.9 cm³/mol. The Morgan fingerprint density at radius 3 is 2.70 bits per heavy atom. The third-order valence-corrected chi connectivity index (χ3v) is 5.60. The fraction of sp³-hybridized carbons (Fsp3) is 1.00. The minimum absolute atomic E-state index is 0.0377. The lowest BCUT2D eigenvalue weighted by Gasteiger charge is -2.37. The van der Waals surface area contributed by atoms with Gasteiger partial charge in [0, 0.05) is 17.6 Å². The van der Waals surface area contributed by atoms with Crippen molar-refractivity contribution in [3.05, 3.63) is 0 Å². The number of rotatable bonds is 9. The molecule has 0 aromatic heterocycles. The van der Waals surface area contributed by atoms with Gasteiger partial charge in [0.2, 0.25) is 0 Å². The van der Waals surface area contributed by atoms with E-state index in [1.54, 1.807) is 0 Å². The molecule has 3 nitrogen and oxygen atoms in total. The van der Waals surface area contributed by atoms with Crippen molar-refractivity contribution in [2.45, 2.75) is 82.8 Å². The molecule has 2 aliphatic rings. The van der Waals surface area contributed by atoms with E-state index in [1.807, 2.05) is 0 Å². The van der Waals surface area contributed by atoms with E-state index in [9.17, 15) is 5.11 Å². The molecule has 118 valence electrons. The topological polar surface area (TPSA) is 35.5 Å². The molecule has 3 unspecified atom stereocenters. The van der Waals surface area contributed by atoms with Crippen LogP contribution in [0.3, 0.4) is 0 Å². The van der Waals surface area contributed by atoms with Crippen LogP contribution in [0.15, 0.2) is 0 Å².